The molecule has 0 saturated heterocycles. The molecule has 2 aliphatic carbocycles. The summed E-state index contributed by atoms with van der Waals surface area (Å²) in [6.07, 6.45) is 13.0. The molecule has 0 radical (unpaired) electrons. The minimum atomic E-state index is -1.11. The Kier molecular flexibility index (Phi) is 9.40. The molecule has 6 rings (SSSR count). The Balaban J connectivity index is 1.28. The van der Waals surface area contributed by atoms with Crippen molar-refractivity contribution in [2.75, 3.05) is 11.9 Å². The molecule has 0 spiro atoms. The average molecular weight is 702 g/mol. The molecule has 3 N–H and O–H groups in total. The molecule has 3 heterocycles. The number of ether oxygens (including phenoxy) is 1. The lowest BCUT2D eigenvalue weighted by molar-refractivity contribution is -0.131. The molecule has 12 heteroatoms. The number of pyridine rings is 1. The first-order valence-corrected chi connectivity index (χ1v) is 16.8. The lowest BCUT2D eigenvalue weighted by Crippen LogP contribution is -2.55. The van der Waals surface area contributed by atoms with E-state index in [1.54, 1.807) is 31.5 Å². The van der Waals surface area contributed by atoms with Gasteiger partial charge in [0.25, 0.3) is 11.8 Å². The number of aromatic nitrogens is 4. The summed E-state index contributed by atoms with van der Waals surface area (Å²) in [6.45, 7) is 2.10. The number of aryl methyl sites for hydroxylation is 1. The molecule has 3 aromatic heterocycles. The molecule has 0 atom stereocenters. The van der Waals surface area contributed by atoms with Crippen molar-refractivity contribution in [3.8, 4) is 17.4 Å². The monoisotopic (exact) mass is 700 g/mol. The molecule has 4 aromatic rings. The number of halogens is 1. The summed E-state index contributed by atoms with van der Waals surface area (Å²) in [6, 6.07) is 8.97. The third-order valence-electron chi connectivity index (χ3n) is 9.16. The highest BCUT2D eigenvalue weighted by Crippen LogP contribution is 2.44. The number of carbonyl (C=O) groups is 3. The Morgan fingerprint density at radius 1 is 1.09 bits per heavy atom. The highest BCUT2D eigenvalue weighted by atomic mass is 79.9. The van der Waals surface area contributed by atoms with Gasteiger partial charge in [0.05, 0.1) is 16.8 Å². The largest absolute Gasteiger partial charge is 0.478 e. The molecule has 47 heavy (non-hydrogen) atoms. The molecule has 2 aliphatic rings. The van der Waals surface area contributed by atoms with Crippen LogP contribution in [0.5, 0.6) is 5.88 Å². The molecule has 0 aliphatic heterocycles. The number of amides is 2. The van der Waals surface area contributed by atoms with Crippen LogP contribution in [0.3, 0.4) is 0 Å². The maximum absolute atomic E-state index is 13.9. The lowest BCUT2D eigenvalue weighted by Gasteiger charge is -2.29. The van der Waals surface area contributed by atoms with Crippen molar-refractivity contribution < 1.29 is 24.2 Å². The van der Waals surface area contributed by atoms with Gasteiger partial charge in [0, 0.05) is 47.5 Å². The maximum Gasteiger partial charge on any atom is 0.328 e. The van der Waals surface area contributed by atoms with Crippen molar-refractivity contribution in [2.45, 2.75) is 69.7 Å². The average Bonchev–Trinajstić information content (AvgIpc) is 3.82. The summed E-state index contributed by atoms with van der Waals surface area (Å²) >= 11 is 3.44. The van der Waals surface area contributed by atoms with Gasteiger partial charge in [-0.1, -0.05) is 31.7 Å². The molecule has 0 unspecified atom stereocenters. The van der Waals surface area contributed by atoms with E-state index in [1.165, 1.54) is 24.5 Å². The molecule has 2 saturated carbocycles. The Morgan fingerprint density at radius 2 is 1.81 bits per heavy atom. The normalized spacial score (nSPS) is 16.1. The van der Waals surface area contributed by atoms with Gasteiger partial charge >= 0.3 is 5.97 Å². The molecule has 0 bridgehead atoms. The smallest absolute Gasteiger partial charge is 0.328 e. The summed E-state index contributed by atoms with van der Waals surface area (Å²) in [4.78, 5) is 52.3. The Labute approximate surface area is 281 Å². The number of hydrogen-bond acceptors (Lipinski definition) is 7. The van der Waals surface area contributed by atoms with Gasteiger partial charge in [-0.15, -0.1) is 0 Å². The van der Waals surface area contributed by atoms with Gasteiger partial charge in [-0.05, 0) is 90.4 Å². The number of carboxylic acid groups (broad SMARTS) is 1. The first-order valence-electron chi connectivity index (χ1n) is 16.0. The number of carboxylic acids is 1. The zero-order valence-electron chi connectivity index (χ0n) is 26.4. The van der Waals surface area contributed by atoms with Crippen molar-refractivity contribution in [2.24, 2.45) is 7.05 Å². The Bertz CT molecular complexity index is 1860. The zero-order valence-corrected chi connectivity index (χ0v) is 28.0. The van der Waals surface area contributed by atoms with Gasteiger partial charge in [0.2, 0.25) is 5.88 Å². The van der Waals surface area contributed by atoms with Crippen molar-refractivity contribution in [3.05, 3.63) is 70.0 Å². The fourth-order valence-electron chi connectivity index (χ4n) is 6.91. The van der Waals surface area contributed by atoms with Gasteiger partial charge in [-0.2, -0.15) is 4.98 Å². The molecule has 2 amide bonds. The van der Waals surface area contributed by atoms with E-state index < -0.39 is 11.5 Å². The fraction of sp³-hybridized carbons (Fsp3) is 0.371. The molecule has 11 nitrogen and oxygen atoms in total. The summed E-state index contributed by atoms with van der Waals surface area (Å²) < 4.78 is 8.49. The van der Waals surface area contributed by atoms with E-state index >= 15 is 0 Å². The fourth-order valence-corrected chi connectivity index (χ4v) is 7.12. The summed E-state index contributed by atoms with van der Waals surface area (Å²) in [5.41, 5.74) is 2.93. The van der Waals surface area contributed by atoms with Gasteiger partial charge in [-0.3, -0.25) is 9.59 Å². The topological polar surface area (TPSA) is 148 Å². The lowest BCUT2D eigenvalue weighted by atomic mass is 9.93. The number of nitrogens with one attached hydrogen (secondary N) is 2. The Morgan fingerprint density at radius 3 is 2.49 bits per heavy atom. The van der Waals surface area contributed by atoms with Crippen LogP contribution in [0.25, 0.3) is 28.5 Å². The number of fused-ring (bicyclic) bond motifs is 1. The molecule has 2 fully saturated rings. The van der Waals surface area contributed by atoms with Crippen molar-refractivity contribution >= 4 is 56.5 Å². The van der Waals surface area contributed by atoms with Crippen molar-refractivity contribution in [3.63, 3.8) is 0 Å². The van der Waals surface area contributed by atoms with Crippen LogP contribution in [0, 0.1) is 0 Å². The van der Waals surface area contributed by atoms with Crippen molar-refractivity contribution in [1.82, 2.24) is 24.8 Å². The minimum Gasteiger partial charge on any atom is -0.478 e. The molecule has 244 valence electrons. The van der Waals surface area contributed by atoms with Crippen LogP contribution in [0.15, 0.2) is 53.3 Å². The molecular weight excluding hydrogens is 664 g/mol. The van der Waals surface area contributed by atoms with E-state index in [0.29, 0.717) is 42.3 Å². The van der Waals surface area contributed by atoms with E-state index in [-0.39, 0.29) is 23.5 Å². The predicted octanol–water partition coefficient (Wildman–Crippen LogP) is 6.63. The van der Waals surface area contributed by atoms with E-state index in [4.69, 9.17) is 9.84 Å². The van der Waals surface area contributed by atoms with Crippen LogP contribution in [-0.4, -0.2) is 54.6 Å². The van der Waals surface area contributed by atoms with E-state index in [2.05, 4.69) is 46.1 Å². The standard InChI is InChI=1S/C35H37BrN6O5/c1-3-47-33-22(12-15-28(43)44)11-14-27(39-33)40-34(46)35(16-6-7-17-35)41-32(45)23-10-13-25-26(18-23)42(2)30(29(25)21-8-4-5-9-21)31-37-19-24(36)20-38-31/h10-15,18-21H,3-9,16-17H2,1-2H3,(H,41,45)(H,43,44)(H,39,40,46)/b15-12+. The first kappa shape index (κ1) is 32.4. The van der Waals surface area contributed by atoms with Gasteiger partial charge in [0.1, 0.15) is 11.4 Å². The maximum atomic E-state index is 13.9. The second-order valence-corrected chi connectivity index (χ2v) is 13.1. The number of rotatable bonds is 10. The third kappa shape index (κ3) is 6.64. The second kappa shape index (κ2) is 13.6. The highest BCUT2D eigenvalue weighted by molar-refractivity contribution is 9.10. The first-order chi connectivity index (χ1) is 22.7. The number of benzene rings is 1. The van der Waals surface area contributed by atoms with E-state index in [0.717, 1.165) is 52.8 Å². The minimum absolute atomic E-state index is 0.202. The summed E-state index contributed by atoms with van der Waals surface area (Å²) in [5.74, 6) is -0.287. The number of aliphatic carboxylic acids is 1. The number of anilines is 1. The third-order valence-corrected chi connectivity index (χ3v) is 9.57. The summed E-state index contributed by atoms with van der Waals surface area (Å²) in [7, 11) is 1.99. The van der Waals surface area contributed by atoms with Gasteiger partial charge < -0.3 is 25.0 Å². The van der Waals surface area contributed by atoms with Crippen LogP contribution in [-0.2, 0) is 16.6 Å². The number of carbonyl (C=O) groups excluding carboxylic acids is 2. The Hall–Kier alpha value is -4.58. The van der Waals surface area contributed by atoms with Crippen LogP contribution in [0.1, 0.15) is 85.7 Å². The van der Waals surface area contributed by atoms with E-state index in [9.17, 15) is 14.4 Å². The van der Waals surface area contributed by atoms with Crippen LogP contribution < -0.4 is 15.4 Å². The van der Waals surface area contributed by atoms with Crippen LogP contribution in [0.2, 0.25) is 0 Å². The van der Waals surface area contributed by atoms with Crippen LogP contribution in [0.4, 0.5) is 5.82 Å². The van der Waals surface area contributed by atoms with Gasteiger partial charge in [-0.25, -0.2) is 14.8 Å². The quantitative estimate of drug-likeness (QED) is 0.156. The zero-order chi connectivity index (χ0) is 33.1. The van der Waals surface area contributed by atoms with Crippen molar-refractivity contribution in [1.29, 1.82) is 0 Å². The van der Waals surface area contributed by atoms with Gasteiger partial charge in [0.15, 0.2) is 5.82 Å². The predicted molar refractivity (Wildman–Crippen MR) is 182 cm³/mol. The SMILES string of the molecule is CCOc1nc(NC(=O)C2(NC(=O)c3ccc4c(C5CCCC5)c(-c5ncc(Br)cn5)n(C)c4c3)CCCC2)ccc1/C=C/C(=O)O. The number of hydrogen-bond donors (Lipinski definition) is 3. The summed E-state index contributed by atoms with van der Waals surface area (Å²) in [5, 5.41) is 16.0. The molecular formula is C35H37BrN6O5. The highest BCUT2D eigenvalue weighted by Gasteiger charge is 2.43. The molecule has 1 aromatic carbocycles. The van der Waals surface area contributed by atoms with E-state index in [1.807, 2.05) is 25.2 Å². The second-order valence-electron chi connectivity index (χ2n) is 12.2. The number of nitrogens with zero attached hydrogens (tertiary/aromatic N) is 4. The van der Waals surface area contributed by atoms with Crippen LogP contribution >= 0.6 is 15.9 Å².